The zero-order chi connectivity index (χ0) is 14.8. The van der Waals surface area contributed by atoms with Gasteiger partial charge in [-0.3, -0.25) is 9.36 Å². The van der Waals surface area contributed by atoms with Crippen LogP contribution in [-0.2, 0) is 0 Å². The molecular weight excluding hydrogens is 286 g/mol. The summed E-state index contributed by atoms with van der Waals surface area (Å²) >= 11 is 1.41. The minimum atomic E-state index is -0.150. The number of anilines is 1. The molecule has 21 heavy (non-hydrogen) atoms. The number of carbonyl (C=O) groups excluding carboxylic acids is 1. The van der Waals surface area contributed by atoms with Crippen molar-refractivity contribution in [3.8, 4) is 5.95 Å². The third-order valence-corrected chi connectivity index (χ3v) is 3.94. The van der Waals surface area contributed by atoms with Crippen LogP contribution in [0.25, 0.3) is 5.95 Å². The number of hydrogen-bond acceptors (Lipinski definition) is 5. The number of nitrogens with one attached hydrogen (secondary N) is 1. The minimum Gasteiger partial charge on any atom is -0.319 e. The predicted molar refractivity (Wildman–Crippen MR) is 80.9 cm³/mol. The summed E-state index contributed by atoms with van der Waals surface area (Å²) in [6.45, 7) is 3.83. The number of hydrogen-bond donors (Lipinski definition) is 1. The second kappa shape index (κ2) is 5.45. The minimum absolute atomic E-state index is 0.150. The van der Waals surface area contributed by atoms with Gasteiger partial charge in [-0.25, -0.2) is 15.0 Å². The molecule has 0 atom stereocenters. The van der Waals surface area contributed by atoms with Crippen molar-refractivity contribution in [1.29, 1.82) is 0 Å². The third kappa shape index (κ3) is 2.82. The van der Waals surface area contributed by atoms with Gasteiger partial charge in [0.1, 0.15) is 5.82 Å². The lowest BCUT2D eigenvalue weighted by Gasteiger charge is -2.05. The predicted octanol–water partition coefficient (Wildman–Crippen LogP) is 2.59. The van der Waals surface area contributed by atoms with Crippen molar-refractivity contribution in [1.82, 2.24) is 19.5 Å². The Morgan fingerprint density at radius 3 is 2.57 bits per heavy atom. The SMILES string of the molecule is Cc1csc(C(=O)Nc2cnc(-n3ccnc3C)nc2)c1. The third-order valence-electron chi connectivity index (χ3n) is 2.89. The largest absolute Gasteiger partial charge is 0.319 e. The Morgan fingerprint density at radius 1 is 1.24 bits per heavy atom. The molecular formula is C14H13N5OS. The van der Waals surface area contributed by atoms with Gasteiger partial charge < -0.3 is 5.32 Å². The summed E-state index contributed by atoms with van der Waals surface area (Å²) < 4.78 is 1.77. The monoisotopic (exact) mass is 299 g/mol. The van der Waals surface area contributed by atoms with E-state index in [0.717, 1.165) is 11.4 Å². The van der Waals surface area contributed by atoms with Crippen molar-refractivity contribution >= 4 is 22.9 Å². The Morgan fingerprint density at radius 2 is 2.00 bits per heavy atom. The van der Waals surface area contributed by atoms with Gasteiger partial charge in [-0.2, -0.15) is 0 Å². The zero-order valence-corrected chi connectivity index (χ0v) is 12.4. The molecule has 3 rings (SSSR count). The van der Waals surface area contributed by atoms with Gasteiger partial charge in [0.15, 0.2) is 0 Å². The van der Waals surface area contributed by atoms with Crippen molar-refractivity contribution in [2.24, 2.45) is 0 Å². The number of imidazole rings is 1. The molecule has 0 unspecified atom stereocenters. The first kappa shape index (κ1) is 13.4. The summed E-state index contributed by atoms with van der Waals surface area (Å²) in [6.07, 6.45) is 6.64. The lowest BCUT2D eigenvalue weighted by atomic mass is 10.3. The highest BCUT2D eigenvalue weighted by Crippen LogP contribution is 2.16. The molecule has 0 aliphatic rings. The molecule has 3 aromatic rings. The lowest BCUT2D eigenvalue weighted by Crippen LogP contribution is -2.11. The maximum absolute atomic E-state index is 12.0. The zero-order valence-electron chi connectivity index (χ0n) is 11.6. The van der Waals surface area contributed by atoms with E-state index in [2.05, 4.69) is 20.3 Å². The molecule has 0 fully saturated rings. The number of thiophene rings is 1. The summed E-state index contributed by atoms with van der Waals surface area (Å²) in [6, 6.07) is 1.85. The van der Waals surface area contributed by atoms with Crippen LogP contribution in [0.1, 0.15) is 21.1 Å². The molecule has 0 spiro atoms. The van der Waals surface area contributed by atoms with Crippen LogP contribution in [0.5, 0.6) is 0 Å². The average molecular weight is 299 g/mol. The van der Waals surface area contributed by atoms with E-state index in [-0.39, 0.29) is 5.91 Å². The molecule has 0 aliphatic heterocycles. The van der Waals surface area contributed by atoms with Crippen LogP contribution in [-0.4, -0.2) is 25.4 Å². The first-order valence-electron chi connectivity index (χ1n) is 6.32. The van der Waals surface area contributed by atoms with Crippen LogP contribution in [0.15, 0.2) is 36.2 Å². The Hall–Kier alpha value is -2.54. The molecule has 0 saturated heterocycles. The van der Waals surface area contributed by atoms with Crippen LogP contribution in [0.4, 0.5) is 5.69 Å². The molecule has 0 aliphatic carbocycles. The first-order valence-corrected chi connectivity index (χ1v) is 7.20. The number of aromatic nitrogens is 4. The Kier molecular flexibility index (Phi) is 3.49. The number of aryl methyl sites for hydroxylation is 2. The highest BCUT2D eigenvalue weighted by Gasteiger charge is 2.09. The first-order chi connectivity index (χ1) is 10.1. The van der Waals surface area contributed by atoms with Crippen LogP contribution < -0.4 is 5.32 Å². The Balaban J connectivity index is 1.76. The number of rotatable bonds is 3. The molecule has 7 heteroatoms. The van der Waals surface area contributed by atoms with E-state index >= 15 is 0 Å². The van der Waals surface area contributed by atoms with Gasteiger partial charge in [-0.05, 0) is 30.9 Å². The standard InChI is InChI=1S/C14H13N5OS/c1-9-5-12(21-8-9)13(20)18-11-6-16-14(17-7-11)19-4-3-15-10(19)2/h3-8H,1-2H3,(H,18,20). The van der Waals surface area contributed by atoms with Gasteiger partial charge in [0.2, 0.25) is 5.95 Å². The lowest BCUT2D eigenvalue weighted by molar-refractivity contribution is 0.103. The molecule has 1 amide bonds. The van der Waals surface area contributed by atoms with Crippen LogP contribution in [0.3, 0.4) is 0 Å². The Bertz CT molecular complexity index is 775. The van der Waals surface area contributed by atoms with Crippen LogP contribution >= 0.6 is 11.3 Å². The molecule has 1 N–H and O–H groups in total. The quantitative estimate of drug-likeness (QED) is 0.807. The summed E-state index contributed by atoms with van der Waals surface area (Å²) in [7, 11) is 0. The van der Waals surface area contributed by atoms with Gasteiger partial charge >= 0.3 is 0 Å². The van der Waals surface area contributed by atoms with Gasteiger partial charge in [0.25, 0.3) is 5.91 Å². The van der Waals surface area contributed by atoms with Gasteiger partial charge in [0, 0.05) is 12.4 Å². The molecule has 3 heterocycles. The van der Waals surface area contributed by atoms with E-state index in [1.165, 1.54) is 11.3 Å². The second-order valence-electron chi connectivity index (χ2n) is 4.56. The highest BCUT2D eigenvalue weighted by atomic mass is 32.1. The fraction of sp³-hybridized carbons (Fsp3) is 0.143. The van der Waals surface area contributed by atoms with Gasteiger partial charge in [0.05, 0.1) is 23.0 Å². The van der Waals surface area contributed by atoms with Crippen molar-refractivity contribution < 1.29 is 4.79 Å². The second-order valence-corrected chi connectivity index (χ2v) is 5.47. The van der Waals surface area contributed by atoms with Crippen LogP contribution in [0, 0.1) is 13.8 Å². The molecule has 106 valence electrons. The van der Waals surface area contributed by atoms with Gasteiger partial charge in [-0.1, -0.05) is 0 Å². The van der Waals surface area contributed by atoms with Crippen molar-refractivity contribution in [3.05, 3.63) is 52.5 Å². The Labute approximate surface area is 125 Å². The maximum atomic E-state index is 12.0. The normalized spacial score (nSPS) is 10.6. The maximum Gasteiger partial charge on any atom is 0.265 e. The summed E-state index contributed by atoms with van der Waals surface area (Å²) in [5.41, 5.74) is 1.64. The topological polar surface area (TPSA) is 72.7 Å². The van der Waals surface area contributed by atoms with Crippen molar-refractivity contribution in [3.63, 3.8) is 0 Å². The fourth-order valence-corrected chi connectivity index (χ4v) is 2.64. The molecule has 3 aromatic heterocycles. The summed E-state index contributed by atoms with van der Waals surface area (Å²) in [5, 5.41) is 4.72. The molecule has 6 nitrogen and oxygen atoms in total. The van der Waals surface area contributed by atoms with E-state index in [1.807, 2.05) is 25.3 Å². The average Bonchev–Trinajstić information content (AvgIpc) is 3.08. The van der Waals surface area contributed by atoms with Crippen LogP contribution in [0.2, 0.25) is 0 Å². The summed E-state index contributed by atoms with van der Waals surface area (Å²) in [5.74, 6) is 1.18. The van der Waals surface area contributed by atoms with Gasteiger partial charge in [-0.15, -0.1) is 11.3 Å². The number of amides is 1. The van der Waals surface area contributed by atoms with E-state index in [0.29, 0.717) is 16.5 Å². The molecule has 0 bridgehead atoms. The fourth-order valence-electron chi connectivity index (χ4n) is 1.84. The molecule has 0 aromatic carbocycles. The van der Waals surface area contributed by atoms with E-state index in [9.17, 15) is 4.79 Å². The summed E-state index contributed by atoms with van der Waals surface area (Å²) in [4.78, 5) is 25.3. The highest BCUT2D eigenvalue weighted by molar-refractivity contribution is 7.12. The van der Waals surface area contributed by atoms with E-state index < -0.39 is 0 Å². The smallest absolute Gasteiger partial charge is 0.265 e. The number of nitrogens with zero attached hydrogens (tertiary/aromatic N) is 4. The number of carbonyl (C=O) groups is 1. The molecule has 0 radical (unpaired) electrons. The van der Waals surface area contributed by atoms with Crippen molar-refractivity contribution in [2.75, 3.05) is 5.32 Å². The molecule has 0 saturated carbocycles. The van der Waals surface area contributed by atoms with E-state index in [1.54, 1.807) is 29.4 Å². The van der Waals surface area contributed by atoms with E-state index in [4.69, 9.17) is 0 Å². The van der Waals surface area contributed by atoms with Crippen molar-refractivity contribution in [2.45, 2.75) is 13.8 Å².